The van der Waals surface area contributed by atoms with Crippen molar-refractivity contribution in [3.63, 3.8) is 0 Å². The van der Waals surface area contributed by atoms with E-state index in [-0.39, 0.29) is 94.4 Å². The summed E-state index contributed by atoms with van der Waals surface area (Å²) in [6.07, 6.45) is -3.00. The SMILES string of the molecule is CCC(CC)COC(=O)[C@H](C)CP(=O)(OC[C@H]1O[C@@](C#N)(c2ccc3c(N)ncnn23)[C@H](O)[C@@H]1O)Oc1ccccc1.CCC(CC)COC(=O)[C@H](C)NP(C)(=O)Oc1ccc([N+](=O)[O-])cc1.C[C-](C)C.N#C[C@@]1(c2ccc3c(N)ncnn23)O[C@H](CO)[C@@H](O)[C@H]1O.[Cl-].[Mg+2]. The van der Waals surface area contributed by atoms with Crippen LogP contribution < -0.4 is 38.0 Å². The summed E-state index contributed by atoms with van der Waals surface area (Å²) in [5.41, 5.74) is 8.76. The van der Waals surface area contributed by atoms with Gasteiger partial charge in [-0.15, -0.1) is 0 Å². The minimum absolute atomic E-state index is 0. The van der Waals surface area contributed by atoms with Crippen LogP contribution in [0.1, 0.15) is 99.4 Å². The Morgan fingerprint density at radius 3 is 1.61 bits per heavy atom. The number of para-hydroxylation sites is 1. The van der Waals surface area contributed by atoms with Crippen molar-refractivity contribution in [1.82, 2.24) is 34.3 Å². The van der Waals surface area contributed by atoms with E-state index in [1.807, 2.05) is 39.8 Å². The van der Waals surface area contributed by atoms with Gasteiger partial charge in [0, 0.05) is 18.8 Å². The average molecular weight is 1380 g/mol. The molecule has 30 nitrogen and oxygen atoms in total. The summed E-state index contributed by atoms with van der Waals surface area (Å²) in [5, 5.41) is 92.2. The summed E-state index contributed by atoms with van der Waals surface area (Å²) < 4.78 is 68.0. The maximum atomic E-state index is 14.0. The molecule has 0 saturated carbocycles. The van der Waals surface area contributed by atoms with Crippen molar-refractivity contribution in [2.75, 3.05) is 50.7 Å². The number of anilines is 2. The van der Waals surface area contributed by atoms with Crippen LogP contribution in [0.2, 0.25) is 0 Å². The predicted octanol–water partition coefficient (Wildman–Crippen LogP) is 3.20. The standard InChI is InChI=1S/C28H36N5O8P.C16H25N2O6P.C12H13N5O4.C4H9.ClH.Mg/c1-4-19(5-2)13-38-27(36)18(3)15-42(37,41-20-9-7-6-8-10-20)39-14-22-24(34)25(35)28(16-29,40-22)23-12-11-21-26(30)31-17-32-33(21)23;1-5-13(6-2)11-23-16(19)12(3)17-25(4,22)24-15-9-7-14(8-10-15)18(20)21;13-4-12(10(20)9(19)7(3-18)21-12)8-2-1-6-11(14)15-5-16-17(6)8;1-4(2)3;;/h6-12,17-19,22,24-25,34-35H,4-5,13-15H2,1-3H3,(H2,30,31,32);7-10,12-13H,5-6,11H2,1-4H3,(H,17,22);1-2,5,7,9-10,18-20H,3H2,(H2,14,15,16);1-3H3;1H;/q;;;-1;;+2/p-1/t18-,22-,24-,25-,28+,42?;12-,25?;7-,9-,10-,12+;;;/m101.../s1. The molecule has 0 aliphatic carbocycles. The van der Waals surface area contributed by atoms with Crippen molar-refractivity contribution in [2.45, 2.75) is 142 Å². The summed E-state index contributed by atoms with van der Waals surface area (Å²) in [6.45, 7) is 18.3. The number of halogens is 1. The van der Waals surface area contributed by atoms with Crippen LogP contribution in [0.15, 0.2) is 91.5 Å². The third kappa shape index (κ3) is 20.7. The third-order valence-electron chi connectivity index (χ3n) is 14.8. The molecule has 2 aromatic carbocycles. The normalized spacial score (nSPS) is 22.3. The van der Waals surface area contributed by atoms with E-state index in [0.29, 0.717) is 23.6 Å². The van der Waals surface area contributed by atoms with Gasteiger partial charge in [-0.1, -0.05) is 78.5 Å². The molecule has 6 heterocycles. The molecule has 10 N–H and O–H groups in total. The van der Waals surface area contributed by atoms with Crippen LogP contribution in [0, 0.1) is 56.4 Å². The van der Waals surface area contributed by atoms with Gasteiger partial charge < -0.3 is 83.3 Å². The van der Waals surface area contributed by atoms with Crippen LogP contribution in [-0.2, 0) is 53.4 Å². The molecule has 12 atom stereocenters. The van der Waals surface area contributed by atoms with Crippen molar-refractivity contribution < 1.29 is 94.1 Å². The number of fused-ring (bicyclic) bond motifs is 2. The fraction of sp³-hybridized carbons (Fsp3) is 0.517. The molecular weight excluding hydrogens is 1300 g/mol. The number of carbonyl (C=O) groups is 2. The Morgan fingerprint density at radius 2 is 1.18 bits per heavy atom. The number of aliphatic hydroxyl groups excluding tert-OH is 5. The molecule has 2 saturated heterocycles. The van der Waals surface area contributed by atoms with Gasteiger partial charge in [0.05, 0.1) is 54.8 Å². The van der Waals surface area contributed by atoms with Crippen LogP contribution in [0.5, 0.6) is 11.5 Å². The number of hydrogen-bond donors (Lipinski definition) is 8. The minimum Gasteiger partial charge on any atom is -1.00 e. The maximum absolute atomic E-state index is 14.0. The Hall–Kier alpha value is -6.64. The fourth-order valence-corrected chi connectivity index (χ4v) is 12.7. The number of aliphatic hydroxyl groups is 5. The average Bonchev–Trinajstić information content (AvgIpc) is 1.59. The second kappa shape index (κ2) is 37.0. The Balaban J connectivity index is 0.000000378. The smallest absolute Gasteiger partial charge is 1.00 e. The number of esters is 2. The summed E-state index contributed by atoms with van der Waals surface area (Å²) in [7, 11) is -7.41. The second-order valence-corrected chi connectivity index (χ2v) is 26.6. The van der Waals surface area contributed by atoms with Gasteiger partial charge in [0.2, 0.25) is 11.2 Å². The van der Waals surface area contributed by atoms with Crippen molar-refractivity contribution in [3.05, 3.63) is 119 Å². The number of carbonyl (C=O) groups excluding carboxylic acids is 2. The molecule has 94 heavy (non-hydrogen) atoms. The van der Waals surface area contributed by atoms with Gasteiger partial charge >= 0.3 is 50.1 Å². The number of nitrogen functional groups attached to an aromatic ring is 2. The summed E-state index contributed by atoms with van der Waals surface area (Å²) >= 11 is 0. The number of rotatable bonds is 25. The fourth-order valence-electron chi connectivity index (χ4n) is 9.45. The molecule has 2 unspecified atom stereocenters. The number of ether oxygens (including phenoxy) is 4. The molecule has 0 bridgehead atoms. The molecule has 8 rings (SSSR count). The van der Waals surface area contributed by atoms with E-state index in [9.17, 15) is 64.9 Å². The molecular formula is C60H83ClMgN12O18P2. The first-order chi connectivity index (χ1) is 43.5. The Morgan fingerprint density at radius 1 is 0.745 bits per heavy atom. The van der Waals surface area contributed by atoms with Gasteiger partial charge in [-0.05, 0) is 67.3 Å². The monoisotopic (exact) mass is 1380 g/mol. The quantitative estimate of drug-likeness (QED) is 0.0102. The molecule has 2 aliphatic rings. The van der Waals surface area contributed by atoms with Crippen molar-refractivity contribution in [3.8, 4) is 23.6 Å². The van der Waals surface area contributed by atoms with Crippen LogP contribution in [-0.4, -0.2) is 177 Å². The van der Waals surface area contributed by atoms with E-state index >= 15 is 0 Å². The number of hydrogen-bond acceptors (Lipinski definition) is 26. The molecule has 4 aromatic heterocycles. The molecule has 0 spiro atoms. The molecule has 510 valence electrons. The zero-order valence-electron chi connectivity index (χ0n) is 54.0. The number of non-ortho nitro benzene ring substituents is 1. The number of nitro benzene ring substituents is 1. The first-order valence-electron chi connectivity index (χ1n) is 29.6. The third-order valence-corrected chi connectivity index (χ3v) is 18.3. The number of nitro groups is 1. The Labute approximate surface area is 567 Å². The first-order valence-corrected chi connectivity index (χ1v) is 33.4. The van der Waals surface area contributed by atoms with Gasteiger partial charge in [-0.3, -0.25) is 28.8 Å². The minimum atomic E-state index is -4.07. The molecule has 2 fully saturated rings. The summed E-state index contributed by atoms with van der Waals surface area (Å²) in [5.74, 6) is 0.862. The Kier molecular flexibility index (Phi) is 32.1. The zero-order valence-corrected chi connectivity index (χ0v) is 58.0. The number of nitrogens with two attached hydrogens (primary N) is 2. The van der Waals surface area contributed by atoms with E-state index < -0.39 is 105 Å². The van der Waals surface area contributed by atoms with Crippen LogP contribution in [0.3, 0.4) is 0 Å². The molecule has 34 heteroatoms. The van der Waals surface area contributed by atoms with E-state index in [1.54, 1.807) is 56.3 Å². The van der Waals surface area contributed by atoms with Crippen molar-refractivity contribution >= 4 is 78.5 Å². The number of nitrogens with one attached hydrogen (secondary N) is 1. The summed E-state index contributed by atoms with van der Waals surface area (Å²) in [4.78, 5) is 42.6. The topological polar surface area (TPSA) is 449 Å². The van der Waals surface area contributed by atoms with E-state index in [4.69, 9.17) is 44.0 Å². The number of benzene rings is 2. The molecule has 2 aliphatic heterocycles. The van der Waals surface area contributed by atoms with Gasteiger partial charge in [0.25, 0.3) is 5.69 Å². The molecule has 0 amide bonds. The number of nitriles is 2. The first kappa shape index (κ1) is 81.6. The van der Waals surface area contributed by atoms with Crippen LogP contribution in [0.4, 0.5) is 17.3 Å². The van der Waals surface area contributed by atoms with Crippen molar-refractivity contribution in [1.29, 1.82) is 10.5 Å². The number of nitrogens with zero attached hydrogens (tertiary/aromatic N) is 9. The van der Waals surface area contributed by atoms with Gasteiger partial charge in [0.1, 0.15) is 90.0 Å². The van der Waals surface area contributed by atoms with E-state index in [2.05, 4.69) is 46.0 Å². The van der Waals surface area contributed by atoms with Crippen LogP contribution >= 0.6 is 15.1 Å². The Bertz CT molecular complexity index is 3580. The van der Waals surface area contributed by atoms with Gasteiger partial charge in [-0.2, -0.15) is 41.5 Å². The second-order valence-electron chi connectivity index (χ2n) is 22.4. The van der Waals surface area contributed by atoms with E-state index in [1.165, 1.54) is 70.7 Å². The van der Waals surface area contributed by atoms with Crippen molar-refractivity contribution in [2.24, 2.45) is 17.8 Å². The zero-order chi connectivity index (χ0) is 68.3. The largest absolute Gasteiger partial charge is 2.00 e. The molecule has 6 aromatic rings. The number of aromatic nitrogens is 6. The van der Waals surface area contributed by atoms with Gasteiger partial charge in [0.15, 0.2) is 11.6 Å². The predicted molar refractivity (Wildman–Crippen MR) is 341 cm³/mol. The maximum Gasteiger partial charge on any atom is 2.00 e. The van der Waals surface area contributed by atoms with E-state index in [0.717, 1.165) is 25.7 Å². The summed E-state index contributed by atoms with van der Waals surface area (Å²) in [6, 6.07) is 22.7. The van der Waals surface area contributed by atoms with Gasteiger partial charge in [-0.25, -0.2) is 28.7 Å². The van der Waals surface area contributed by atoms with Crippen LogP contribution in [0.25, 0.3) is 11.0 Å². The molecule has 0 radical (unpaired) electrons.